The van der Waals surface area contributed by atoms with Crippen LogP contribution in [0.4, 0.5) is 24.5 Å². The van der Waals surface area contributed by atoms with Crippen molar-refractivity contribution in [1.29, 1.82) is 0 Å². The number of nitrogens with zero attached hydrogens (tertiary/aromatic N) is 6. The SMILES string of the molecule is CN(C)c1cc(-c2ccc(F)nc2F)nc(C(C)(C)c2cc(N(C)C)cc(-c3ccc(Br)nc3F)n2)c1. The third-order valence-corrected chi connectivity index (χ3v) is 6.56. The monoisotopic (exact) mass is 570 g/mol. The molecule has 0 radical (unpaired) electrons. The summed E-state index contributed by atoms with van der Waals surface area (Å²) in [5, 5.41) is 0. The van der Waals surface area contributed by atoms with Crippen molar-refractivity contribution in [2.75, 3.05) is 38.0 Å². The summed E-state index contributed by atoms with van der Waals surface area (Å²) in [5.41, 5.74) is 3.10. The lowest BCUT2D eigenvalue weighted by molar-refractivity contribution is 0.514. The lowest BCUT2D eigenvalue weighted by Gasteiger charge is -2.28. The van der Waals surface area contributed by atoms with Crippen LogP contribution < -0.4 is 9.80 Å². The molecule has 0 atom stereocenters. The van der Waals surface area contributed by atoms with Gasteiger partial charge in [-0.2, -0.15) is 18.2 Å². The van der Waals surface area contributed by atoms with Crippen LogP contribution in [0.25, 0.3) is 22.5 Å². The lowest BCUT2D eigenvalue weighted by Crippen LogP contribution is -2.24. The van der Waals surface area contributed by atoms with Gasteiger partial charge in [0.05, 0.1) is 33.9 Å². The van der Waals surface area contributed by atoms with Crippen LogP contribution in [0.5, 0.6) is 0 Å². The molecule has 10 heteroatoms. The molecule has 0 unspecified atom stereocenters. The highest BCUT2D eigenvalue weighted by Crippen LogP contribution is 2.37. The van der Waals surface area contributed by atoms with Crippen molar-refractivity contribution in [3.05, 3.63) is 82.4 Å². The number of anilines is 2. The average Bonchev–Trinajstić information content (AvgIpc) is 2.83. The van der Waals surface area contributed by atoms with Crippen LogP contribution in [0, 0.1) is 17.8 Å². The average molecular weight is 571 g/mol. The maximum absolute atomic E-state index is 14.8. The predicted octanol–water partition coefficient (Wildman–Crippen LogP) is 6.24. The first kappa shape index (κ1) is 26.5. The van der Waals surface area contributed by atoms with E-state index in [0.29, 0.717) is 27.4 Å². The number of halogens is 4. The van der Waals surface area contributed by atoms with Gasteiger partial charge < -0.3 is 9.80 Å². The minimum absolute atomic E-state index is 0.0841. The topological polar surface area (TPSA) is 58.0 Å². The third kappa shape index (κ3) is 5.44. The van der Waals surface area contributed by atoms with Crippen molar-refractivity contribution in [2.45, 2.75) is 19.3 Å². The molecule has 0 aromatic carbocycles. The fraction of sp³-hybridized carbons (Fsp3) is 0.259. The molecule has 0 bridgehead atoms. The molecule has 6 nitrogen and oxygen atoms in total. The van der Waals surface area contributed by atoms with Crippen LogP contribution in [-0.4, -0.2) is 48.1 Å². The Labute approximate surface area is 222 Å². The van der Waals surface area contributed by atoms with Crippen LogP contribution in [0.1, 0.15) is 25.2 Å². The van der Waals surface area contributed by atoms with E-state index in [9.17, 15) is 13.2 Å². The molecule has 0 fully saturated rings. The number of rotatable bonds is 6. The van der Waals surface area contributed by atoms with E-state index in [1.807, 2.05) is 64.0 Å². The highest BCUT2D eigenvalue weighted by Gasteiger charge is 2.30. The Bertz CT molecular complexity index is 1360. The van der Waals surface area contributed by atoms with Crippen molar-refractivity contribution in [1.82, 2.24) is 19.9 Å². The van der Waals surface area contributed by atoms with Crippen LogP contribution in [0.3, 0.4) is 0 Å². The third-order valence-electron chi connectivity index (χ3n) is 6.12. The number of pyridine rings is 4. The second-order valence-electron chi connectivity index (χ2n) is 9.55. The molecule has 0 aliphatic carbocycles. The minimum atomic E-state index is -0.944. The molecule has 0 amide bonds. The molecule has 37 heavy (non-hydrogen) atoms. The first-order chi connectivity index (χ1) is 17.4. The van der Waals surface area contributed by atoms with Gasteiger partial charge in [0.2, 0.25) is 17.8 Å². The zero-order chi connectivity index (χ0) is 27.1. The van der Waals surface area contributed by atoms with Crippen LogP contribution in [-0.2, 0) is 5.41 Å². The summed E-state index contributed by atoms with van der Waals surface area (Å²) in [6.45, 7) is 3.89. The van der Waals surface area contributed by atoms with E-state index >= 15 is 0 Å². The molecule has 0 spiro atoms. The van der Waals surface area contributed by atoms with Gasteiger partial charge in [0.25, 0.3) is 0 Å². The quantitative estimate of drug-likeness (QED) is 0.256. The van der Waals surface area contributed by atoms with E-state index in [-0.39, 0.29) is 11.1 Å². The second-order valence-corrected chi connectivity index (χ2v) is 10.4. The molecule has 0 aliphatic rings. The smallest absolute Gasteiger partial charge is 0.224 e. The zero-order valence-corrected chi connectivity index (χ0v) is 22.9. The summed E-state index contributed by atoms with van der Waals surface area (Å²) in [4.78, 5) is 20.5. The Hall–Kier alpha value is -3.53. The Morgan fingerprint density at radius 2 is 1.11 bits per heavy atom. The fourth-order valence-corrected chi connectivity index (χ4v) is 4.09. The van der Waals surface area contributed by atoms with Crippen molar-refractivity contribution in [3.63, 3.8) is 0 Å². The molecule has 0 saturated carbocycles. The van der Waals surface area contributed by atoms with Gasteiger partial charge in [-0.15, -0.1) is 0 Å². The van der Waals surface area contributed by atoms with Gasteiger partial charge in [-0.1, -0.05) is 0 Å². The summed E-state index contributed by atoms with van der Waals surface area (Å²) < 4.78 is 43.2. The molecule has 0 N–H and O–H groups in total. The van der Waals surface area contributed by atoms with Crippen LogP contribution in [0.15, 0.2) is 53.1 Å². The lowest BCUT2D eigenvalue weighted by atomic mass is 9.83. The predicted molar refractivity (Wildman–Crippen MR) is 143 cm³/mol. The van der Waals surface area contributed by atoms with Crippen molar-refractivity contribution >= 4 is 27.3 Å². The molecule has 0 saturated heterocycles. The van der Waals surface area contributed by atoms with Gasteiger partial charge in [0.1, 0.15) is 4.60 Å². The van der Waals surface area contributed by atoms with E-state index < -0.39 is 23.3 Å². The van der Waals surface area contributed by atoms with Crippen LogP contribution >= 0.6 is 15.9 Å². The van der Waals surface area contributed by atoms with E-state index in [2.05, 4.69) is 25.9 Å². The van der Waals surface area contributed by atoms with Crippen molar-refractivity contribution in [2.24, 2.45) is 0 Å². The first-order valence-electron chi connectivity index (χ1n) is 11.4. The molecule has 4 heterocycles. The summed E-state index contributed by atoms with van der Waals surface area (Å²) in [6, 6.07) is 13.0. The molecule has 4 aromatic heterocycles. The molecule has 4 rings (SSSR count). The van der Waals surface area contributed by atoms with Crippen LogP contribution in [0.2, 0.25) is 0 Å². The van der Waals surface area contributed by atoms with Crippen molar-refractivity contribution < 1.29 is 13.2 Å². The molecule has 0 aliphatic heterocycles. The Balaban J connectivity index is 1.92. The molecule has 4 aromatic rings. The van der Waals surface area contributed by atoms with Gasteiger partial charge in [-0.05, 0) is 78.3 Å². The highest BCUT2D eigenvalue weighted by atomic mass is 79.9. The number of hydrogen-bond donors (Lipinski definition) is 0. The van der Waals surface area contributed by atoms with Gasteiger partial charge in [0, 0.05) is 45.0 Å². The maximum atomic E-state index is 14.8. The van der Waals surface area contributed by atoms with Gasteiger partial charge in [-0.25, -0.2) is 4.98 Å². The Kier molecular flexibility index (Phi) is 7.23. The standard InChI is InChI=1S/C27H26BrF3N6/c1-27(2,21-13-15(36(3)4)11-19(32-21)17-7-9-23(28)34-25(17)30)22-14-16(37(5)6)12-20(33-22)18-8-10-24(29)35-26(18)31/h7-14H,1-6H3. The molecular formula is C27H26BrF3N6. The van der Waals surface area contributed by atoms with Crippen molar-refractivity contribution in [3.8, 4) is 22.5 Å². The van der Waals surface area contributed by atoms with E-state index in [1.54, 1.807) is 24.3 Å². The van der Waals surface area contributed by atoms with E-state index in [4.69, 9.17) is 9.97 Å². The first-order valence-corrected chi connectivity index (χ1v) is 12.2. The summed E-state index contributed by atoms with van der Waals surface area (Å²) in [5.74, 6) is -2.49. The summed E-state index contributed by atoms with van der Waals surface area (Å²) in [6.07, 6.45) is 0. The van der Waals surface area contributed by atoms with E-state index in [1.165, 1.54) is 6.07 Å². The normalized spacial score (nSPS) is 11.5. The fourth-order valence-electron chi connectivity index (χ4n) is 3.80. The second kappa shape index (κ2) is 10.1. The van der Waals surface area contributed by atoms with Gasteiger partial charge >= 0.3 is 0 Å². The maximum Gasteiger partial charge on any atom is 0.224 e. The molecule has 192 valence electrons. The minimum Gasteiger partial charge on any atom is -0.378 e. The number of aromatic nitrogens is 4. The van der Waals surface area contributed by atoms with Gasteiger partial charge in [-0.3, -0.25) is 9.97 Å². The summed E-state index contributed by atoms with van der Waals surface area (Å²) in [7, 11) is 7.50. The Morgan fingerprint density at radius 3 is 1.54 bits per heavy atom. The zero-order valence-electron chi connectivity index (χ0n) is 21.3. The summed E-state index contributed by atoms with van der Waals surface area (Å²) >= 11 is 3.19. The van der Waals surface area contributed by atoms with E-state index in [0.717, 1.165) is 17.4 Å². The number of hydrogen-bond acceptors (Lipinski definition) is 6. The largest absolute Gasteiger partial charge is 0.378 e. The van der Waals surface area contributed by atoms with Gasteiger partial charge in [0.15, 0.2) is 0 Å². The Morgan fingerprint density at radius 1 is 0.649 bits per heavy atom. The highest BCUT2D eigenvalue weighted by molar-refractivity contribution is 9.10. The molecular weight excluding hydrogens is 545 g/mol.